The molecule has 0 radical (unpaired) electrons. The number of nitro benzene ring substituents is 1. The maximum atomic E-state index is 10.7. The predicted molar refractivity (Wildman–Crippen MR) is 82.8 cm³/mol. The zero-order valence-electron chi connectivity index (χ0n) is 11.9. The van der Waals surface area contributed by atoms with Crippen LogP contribution >= 0.6 is 0 Å². The maximum Gasteiger partial charge on any atom is 0.269 e. The summed E-state index contributed by atoms with van der Waals surface area (Å²) < 4.78 is 5.58. The smallest absolute Gasteiger partial charge is 0.269 e. The van der Waals surface area contributed by atoms with Crippen molar-refractivity contribution >= 4 is 16.6 Å². The first-order valence-corrected chi connectivity index (χ1v) is 6.83. The number of benzene rings is 2. The first-order chi connectivity index (χ1) is 10.7. The van der Waals surface area contributed by atoms with Crippen LogP contribution in [0.2, 0.25) is 0 Å². The summed E-state index contributed by atoms with van der Waals surface area (Å²) in [6, 6.07) is 13.7. The Morgan fingerprint density at radius 3 is 2.50 bits per heavy atom. The van der Waals surface area contributed by atoms with E-state index in [-0.39, 0.29) is 5.69 Å². The lowest BCUT2D eigenvalue weighted by molar-refractivity contribution is -0.384. The molecule has 0 spiro atoms. The molecule has 0 aliphatic rings. The molecule has 0 unspecified atom stereocenters. The summed E-state index contributed by atoms with van der Waals surface area (Å²) in [6.45, 7) is 2.39. The van der Waals surface area contributed by atoms with Crippen LogP contribution in [0.5, 0.6) is 5.88 Å². The molecule has 0 saturated heterocycles. The summed E-state index contributed by atoms with van der Waals surface area (Å²) in [5.41, 5.74) is 1.51. The molecule has 3 aromatic rings. The molecule has 1 heterocycles. The van der Waals surface area contributed by atoms with Crippen LogP contribution in [-0.4, -0.2) is 21.5 Å². The van der Waals surface area contributed by atoms with Crippen molar-refractivity contribution in [2.24, 2.45) is 0 Å². The van der Waals surface area contributed by atoms with Gasteiger partial charge in [-0.2, -0.15) is 4.98 Å². The minimum atomic E-state index is -0.434. The Kier molecular flexibility index (Phi) is 3.65. The Hall–Kier alpha value is -3.02. The van der Waals surface area contributed by atoms with Gasteiger partial charge in [0.05, 0.1) is 22.4 Å². The second-order valence-corrected chi connectivity index (χ2v) is 4.61. The van der Waals surface area contributed by atoms with Crippen molar-refractivity contribution in [3.05, 3.63) is 58.6 Å². The van der Waals surface area contributed by atoms with Gasteiger partial charge in [0, 0.05) is 17.7 Å². The van der Waals surface area contributed by atoms with E-state index in [9.17, 15) is 10.1 Å². The minimum absolute atomic E-state index is 0.0366. The molecule has 6 nitrogen and oxygen atoms in total. The molecule has 0 saturated carbocycles. The second-order valence-electron chi connectivity index (χ2n) is 4.61. The van der Waals surface area contributed by atoms with Crippen molar-refractivity contribution < 1.29 is 9.66 Å². The molecule has 3 rings (SSSR count). The van der Waals surface area contributed by atoms with Gasteiger partial charge >= 0.3 is 0 Å². The van der Waals surface area contributed by atoms with E-state index in [1.165, 1.54) is 12.1 Å². The molecule has 6 heteroatoms. The molecule has 0 atom stereocenters. The number of hydrogen-bond acceptors (Lipinski definition) is 5. The van der Waals surface area contributed by atoms with Crippen molar-refractivity contribution in [2.75, 3.05) is 6.61 Å². The lowest BCUT2D eigenvalue weighted by Crippen LogP contribution is -1.99. The Morgan fingerprint density at radius 1 is 1.09 bits per heavy atom. The third-order valence-corrected chi connectivity index (χ3v) is 3.19. The van der Waals surface area contributed by atoms with Crippen molar-refractivity contribution in [3.8, 4) is 17.3 Å². The lowest BCUT2D eigenvalue weighted by atomic mass is 10.1. The molecular formula is C16H13N3O3. The highest BCUT2D eigenvalue weighted by Gasteiger charge is 2.11. The largest absolute Gasteiger partial charge is 0.477 e. The van der Waals surface area contributed by atoms with E-state index in [4.69, 9.17) is 4.74 Å². The molecule has 0 amide bonds. The van der Waals surface area contributed by atoms with Gasteiger partial charge in [-0.3, -0.25) is 10.1 Å². The van der Waals surface area contributed by atoms with Gasteiger partial charge < -0.3 is 4.74 Å². The monoisotopic (exact) mass is 295 g/mol. The Balaban J connectivity index is 2.12. The minimum Gasteiger partial charge on any atom is -0.477 e. The summed E-state index contributed by atoms with van der Waals surface area (Å²) >= 11 is 0. The maximum absolute atomic E-state index is 10.7. The first-order valence-electron chi connectivity index (χ1n) is 6.83. The average molecular weight is 295 g/mol. The van der Waals surface area contributed by atoms with Crippen LogP contribution in [0, 0.1) is 10.1 Å². The highest BCUT2D eigenvalue weighted by Crippen LogP contribution is 2.27. The van der Waals surface area contributed by atoms with E-state index in [0.717, 1.165) is 10.9 Å². The number of aromatic nitrogens is 2. The summed E-state index contributed by atoms with van der Waals surface area (Å²) in [5.74, 6) is 0.999. The van der Waals surface area contributed by atoms with Crippen molar-refractivity contribution in [1.82, 2.24) is 9.97 Å². The number of para-hydroxylation sites is 1. The van der Waals surface area contributed by atoms with E-state index in [1.54, 1.807) is 12.1 Å². The van der Waals surface area contributed by atoms with Crippen LogP contribution in [0.25, 0.3) is 22.3 Å². The fourth-order valence-electron chi connectivity index (χ4n) is 2.16. The van der Waals surface area contributed by atoms with Crippen LogP contribution in [0.3, 0.4) is 0 Å². The van der Waals surface area contributed by atoms with E-state index in [0.29, 0.717) is 23.9 Å². The topological polar surface area (TPSA) is 78.2 Å². The molecule has 1 aromatic heterocycles. The lowest BCUT2D eigenvalue weighted by Gasteiger charge is -2.08. The molecule has 0 aliphatic heterocycles. The van der Waals surface area contributed by atoms with E-state index < -0.39 is 4.92 Å². The average Bonchev–Trinajstić information content (AvgIpc) is 2.55. The molecule has 0 fully saturated rings. The SMILES string of the molecule is CCOc1nc(-c2ccc([N+](=O)[O-])cc2)nc2ccccc12. The van der Waals surface area contributed by atoms with Crippen LogP contribution in [0.15, 0.2) is 48.5 Å². The van der Waals surface area contributed by atoms with Gasteiger partial charge in [-0.25, -0.2) is 4.98 Å². The van der Waals surface area contributed by atoms with Gasteiger partial charge in [-0.15, -0.1) is 0 Å². The van der Waals surface area contributed by atoms with Crippen LogP contribution in [0.1, 0.15) is 6.92 Å². The van der Waals surface area contributed by atoms with Crippen LogP contribution < -0.4 is 4.74 Å². The fourth-order valence-corrected chi connectivity index (χ4v) is 2.16. The molecule has 110 valence electrons. The molecule has 0 bridgehead atoms. The van der Waals surface area contributed by atoms with Crippen molar-refractivity contribution in [3.63, 3.8) is 0 Å². The number of fused-ring (bicyclic) bond motifs is 1. The van der Waals surface area contributed by atoms with Gasteiger partial charge in [0.2, 0.25) is 5.88 Å². The number of nitrogens with zero attached hydrogens (tertiary/aromatic N) is 3. The molecule has 22 heavy (non-hydrogen) atoms. The standard InChI is InChI=1S/C16H13N3O3/c1-2-22-16-13-5-3-4-6-14(13)17-15(18-16)11-7-9-12(10-8-11)19(20)21/h3-10H,2H2,1H3. The number of non-ortho nitro benzene ring substituents is 1. The van der Waals surface area contributed by atoms with Gasteiger partial charge in [-0.1, -0.05) is 12.1 Å². The second kappa shape index (κ2) is 5.77. The third kappa shape index (κ3) is 2.58. The molecular weight excluding hydrogens is 282 g/mol. The summed E-state index contributed by atoms with van der Waals surface area (Å²) in [5, 5.41) is 11.6. The molecule has 0 N–H and O–H groups in total. The number of ether oxygens (including phenoxy) is 1. The number of hydrogen-bond donors (Lipinski definition) is 0. The first kappa shape index (κ1) is 13.9. The van der Waals surface area contributed by atoms with Gasteiger partial charge in [0.15, 0.2) is 5.82 Å². The Labute approximate surface area is 126 Å². The van der Waals surface area contributed by atoms with Gasteiger partial charge in [0.25, 0.3) is 5.69 Å². The quantitative estimate of drug-likeness (QED) is 0.542. The number of nitro groups is 1. The molecule has 0 aliphatic carbocycles. The highest BCUT2D eigenvalue weighted by molar-refractivity contribution is 5.85. The van der Waals surface area contributed by atoms with E-state index in [2.05, 4.69) is 9.97 Å². The summed E-state index contributed by atoms with van der Waals surface area (Å²) in [6.07, 6.45) is 0. The predicted octanol–water partition coefficient (Wildman–Crippen LogP) is 3.60. The fraction of sp³-hybridized carbons (Fsp3) is 0.125. The summed E-state index contributed by atoms with van der Waals surface area (Å²) in [4.78, 5) is 19.2. The Morgan fingerprint density at radius 2 is 1.82 bits per heavy atom. The van der Waals surface area contributed by atoms with Crippen molar-refractivity contribution in [2.45, 2.75) is 6.92 Å². The van der Waals surface area contributed by atoms with Crippen LogP contribution in [0.4, 0.5) is 5.69 Å². The Bertz CT molecular complexity index is 832. The normalized spacial score (nSPS) is 10.6. The van der Waals surface area contributed by atoms with Gasteiger partial charge in [0.1, 0.15) is 0 Å². The van der Waals surface area contributed by atoms with Gasteiger partial charge in [-0.05, 0) is 31.2 Å². The molecule has 2 aromatic carbocycles. The zero-order chi connectivity index (χ0) is 15.5. The van der Waals surface area contributed by atoms with Crippen molar-refractivity contribution in [1.29, 1.82) is 0 Å². The van der Waals surface area contributed by atoms with Crippen LogP contribution in [-0.2, 0) is 0 Å². The number of rotatable bonds is 4. The zero-order valence-corrected chi connectivity index (χ0v) is 11.9. The highest BCUT2D eigenvalue weighted by atomic mass is 16.6. The van der Waals surface area contributed by atoms with E-state index in [1.807, 2.05) is 31.2 Å². The third-order valence-electron chi connectivity index (χ3n) is 3.19. The van der Waals surface area contributed by atoms with E-state index >= 15 is 0 Å². The summed E-state index contributed by atoms with van der Waals surface area (Å²) in [7, 11) is 0.